The van der Waals surface area contributed by atoms with Crippen molar-refractivity contribution in [1.29, 1.82) is 0 Å². The fraction of sp³-hybridized carbons (Fsp3) is 0.692. The molecule has 1 aromatic heterocycles. The van der Waals surface area contributed by atoms with Crippen molar-refractivity contribution in [3.05, 3.63) is 11.9 Å². The molecule has 0 unspecified atom stereocenters. The van der Waals surface area contributed by atoms with Crippen LogP contribution in [-0.4, -0.2) is 29.2 Å². The van der Waals surface area contributed by atoms with Crippen molar-refractivity contribution in [3.63, 3.8) is 0 Å². The summed E-state index contributed by atoms with van der Waals surface area (Å²) in [5, 5.41) is 6.16. The van der Waals surface area contributed by atoms with E-state index in [0.29, 0.717) is 12.2 Å². The number of anilines is 2. The van der Waals surface area contributed by atoms with E-state index < -0.39 is 12.6 Å². The molecule has 0 aliphatic heterocycles. The molecule has 0 radical (unpaired) electrons. The highest BCUT2D eigenvalue weighted by Gasteiger charge is 2.25. The van der Waals surface area contributed by atoms with E-state index in [1.165, 1.54) is 6.33 Å². The number of nitrogens with one attached hydrogen (secondary N) is 2. The highest BCUT2D eigenvalue weighted by Crippen LogP contribution is 2.23. The topological polar surface area (TPSA) is 49.8 Å². The summed E-state index contributed by atoms with van der Waals surface area (Å²) in [5.74, 6) is 1.37. The molecule has 0 saturated heterocycles. The highest BCUT2D eigenvalue weighted by atomic mass is 19.4. The van der Waals surface area contributed by atoms with Gasteiger partial charge in [0, 0.05) is 25.1 Å². The van der Waals surface area contributed by atoms with E-state index in [2.05, 4.69) is 27.5 Å². The molecule has 20 heavy (non-hydrogen) atoms. The van der Waals surface area contributed by atoms with Gasteiger partial charge >= 0.3 is 6.18 Å². The molecule has 0 aliphatic carbocycles. The van der Waals surface area contributed by atoms with E-state index in [4.69, 9.17) is 0 Å². The first-order valence-corrected chi connectivity index (χ1v) is 6.86. The van der Waals surface area contributed by atoms with Crippen LogP contribution in [0.4, 0.5) is 24.8 Å². The molecule has 1 aromatic rings. The van der Waals surface area contributed by atoms with Gasteiger partial charge in [-0.05, 0) is 19.3 Å². The number of alkyl halides is 3. The minimum atomic E-state index is -4.10. The van der Waals surface area contributed by atoms with Crippen LogP contribution in [0.3, 0.4) is 0 Å². The van der Waals surface area contributed by atoms with Gasteiger partial charge in [0.2, 0.25) is 0 Å². The van der Waals surface area contributed by atoms with Crippen molar-refractivity contribution in [3.8, 4) is 0 Å². The minimum absolute atomic E-state index is 0.0361. The number of hydrogen-bond acceptors (Lipinski definition) is 4. The Morgan fingerprint density at radius 2 is 1.65 bits per heavy atom. The Bertz CT molecular complexity index is 407. The first-order valence-electron chi connectivity index (χ1n) is 6.86. The van der Waals surface area contributed by atoms with Crippen molar-refractivity contribution in [2.75, 3.05) is 23.7 Å². The molecule has 1 heterocycles. The zero-order valence-electron chi connectivity index (χ0n) is 11.8. The third-order valence-corrected chi connectivity index (χ3v) is 2.77. The van der Waals surface area contributed by atoms with Gasteiger partial charge in [0.1, 0.15) is 18.0 Å². The number of rotatable bonds is 8. The van der Waals surface area contributed by atoms with E-state index in [1.807, 2.05) is 6.92 Å². The lowest BCUT2D eigenvalue weighted by atomic mass is 10.2. The Labute approximate surface area is 117 Å². The first kappa shape index (κ1) is 16.5. The Balaban J connectivity index is 2.60. The van der Waals surface area contributed by atoms with Crippen LogP contribution in [0.2, 0.25) is 0 Å². The summed E-state index contributed by atoms with van der Waals surface area (Å²) in [4.78, 5) is 8.28. The van der Waals surface area contributed by atoms with Crippen molar-refractivity contribution < 1.29 is 13.2 Å². The molecule has 0 aliphatic rings. The molecule has 0 bridgehead atoms. The molecule has 0 fully saturated rings. The maximum atomic E-state index is 12.1. The quantitative estimate of drug-likeness (QED) is 0.718. The number of aromatic nitrogens is 2. The van der Waals surface area contributed by atoms with Crippen LogP contribution in [0.1, 0.15) is 38.7 Å². The summed E-state index contributed by atoms with van der Waals surface area (Å²) in [6.07, 6.45) is -1.74. The van der Waals surface area contributed by atoms with Gasteiger partial charge in [0.15, 0.2) is 0 Å². The zero-order chi connectivity index (χ0) is 15.0. The van der Waals surface area contributed by atoms with Gasteiger partial charge in [-0.25, -0.2) is 9.97 Å². The summed E-state index contributed by atoms with van der Waals surface area (Å²) in [6.45, 7) is 5.07. The molecule has 114 valence electrons. The fourth-order valence-electron chi connectivity index (χ4n) is 1.79. The number of halogens is 3. The summed E-state index contributed by atoms with van der Waals surface area (Å²) in [5.41, 5.74) is 0.910. The van der Waals surface area contributed by atoms with Gasteiger partial charge in [-0.3, -0.25) is 0 Å². The van der Waals surface area contributed by atoms with Gasteiger partial charge in [-0.1, -0.05) is 13.8 Å². The van der Waals surface area contributed by atoms with Gasteiger partial charge < -0.3 is 10.6 Å². The second-order valence-corrected chi connectivity index (χ2v) is 4.48. The van der Waals surface area contributed by atoms with Crippen LogP contribution in [0, 0.1) is 0 Å². The largest absolute Gasteiger partial charge is 0.389 e. The Morgan fingerprint density at radius 3 is 2.15 bits per heavy atom. The van der Waals surface area contributed by atoms with Crippen molar-refractivity contribution in [1.82, 2.24) is 9.97 Å². The van der Waals surface area contributed by atoms with Crippen molar-refractivity contribution >= 4 is 11.6 Å². The third kappa shape index (κ3) is 5.63. The zero-order valence-corrected chi connectivity index (χ0v) is 11.8. The summed E-state index contributed by atoms with van der Waals surface area (Å²) < 4.78 is 36.2. The van der Waals surface area contributed by atoms with Crippen LogP contribution in [0.25, 0.3) is 0 Å². The lowest BCUT2D eigenvalue weighted by molar-refractivity contribution is -0.134. The predicted octanol–water partition coefficient (Wildman–Crippen LogP) is 3.62. The van der Waals surface area contributed by atoms with Crippen LogP contribution in [0.5, 0.6) is 0 Å². The molecular formula is C13H21F3N4. The molecule has 2 N–H and O–H groups in total. The fourth-order valence-corrected chi connectivity index (χ4v) is 1.79. The van der Waals surface area contributed by atoms with E-state index in [1.54, 1.807) is 0 Å². The van der Waals surface area contributed by atoms with Crippen LogP contribution in [-0.2, 0) is 6.42 Å². The normalized spacial score (nSPS) is 11.4. The van der Waals surface area contributed by atoms with Gasteiger partial charge in [0.25, 0.3) is 0 Å². The molecule has 0 aromatic carbocycles. The van der Waals surface area contributed by atoms with Crippen LogP contribution >= 0.6 is 0 Å². The molecule has 7 heteroatoms. The smallest absolute Gasteiger partial charge is 0.370 e. The molecule has 0 atom stereocenters. The van der Waals surface area contributed by atoms with E-state index in [-0.39, 0.29) is 13.0 Å². The average Bonchev–Trinajstić information content (AvgIpc) is 2.40. The van der Waals surface area contributed by atoms with Gasteiger partial charge in [-0.15, -0.1) is 0 Å². The molecule has 0 amide bonds. The average molecular weight is 290 g/mol. The van der Waals surface area contributed by atoms with E-state index in [0.717, 1.165) is 24.3 Å². The number of nitrogens with zero attached hydrogens (tertiary/aromatic N) is 2. The maximum Gasteiger partial charge on any atom is 0.389 e. The van der Waals surface area contributed by atoms with Crippen molar-refractivity contribution in [2.45, 2.75) is 45.7 Å². The van der Waals surface area contributed by atoms with Gasteiger partial charge in [0.05, 0.1) is 0 Å². The Morgan fingerprint density at radius 1 is 1.05 bits per heavy atom. The van der Waals surface area contributed by atoms with Gasteiger partial charge in [-0.2, -0.15) is 13.2 Å². The second kappa shape index (κ2) is 7.91. The Hall–Kier alpha value is -1.53. The van der Waals surface area contributed by atoms with Crippen LogP contribution in [0.15, 0.2) is 6.33 Å². The third-order valence-electron chi connectivity index (χ3n) is 2.77. The molecule has 0 spiro atoms. The first-order chi connectivity index (χ1) is 9.48. The summed E-state index contributed by atoms with van der Waals surface area (Å²) >= 11 is 0. The molecule has 4 nitrogen and oxygen atoms in total. The monoisotopic (exact) mass is 290 g/mol. The lowest BCUT2D eigenvalue weighted by Gasteiger charge is -2.14. The highest BCUT2D eigenvalue weighted by molar-refractivity contribution is 5.57. The van der Waals surface area contributed by atoms with E-state index in [9.17, 15) is 13.2 Å². The van der Waals surface area contributed by atoms with Crippen LogP contribution < -0.4 is 10.6 Å². The summed E-state index contributed by atoms with van der Waals surface area (Å²) in [7, 11) is 0. The standard InChI is InChI=1S/C13H21F3N4/c1-3-7-17-11-10(4-2)12(20-9-19-11)18-8-5-6-13(14,15)16/h9H,3-8H2,1-2H3,(H2,17,18,19,20). The molecule has 0 saturated carbocycles. The minimum Gasteiger partial charge on any atom is -0.370 e. The maximum absolute atomic E-state index is 12.1. The second-order valence-electron chi connectivity index (χ2n) is 4.48. The lowest BCUT2D eigenvalue weighted by Crippen LogP contribution is -2.14. The number of hydrogen-bond donors (Lipinski definition) is 2. The summed E-state index contributed by atoms with van der Waals surface area (Å²) in [6, 6.07) is 0. The van der Waals surface area contributed by atoms with Crippen molar-refractivity contribution in [2.24, 2.45) is 0 Å². The SMILES string of the molecule is CCCNc1ncnc(NCCCC(F)(F)F)c1CC. The van der Waals surface area contributed by atoms with E-state index >= 15 is 0 Å². The predicted molar refractivity (Wildman–Crippen MR) is 74.0 cm³/mol. The molecular weight excluding hydrogens is 269 g/mol. The molecule has 1 rings (SSSR count). The Kier molecular flexibility index (Phi) is 6.54.